The second-order valence-electron chi connectivity index (χ2n) is 6.31. The minimum atomic E-state index is 0.423. The zero-order valence-corrected chi connectivity index (χ0v) is 12.1. The summed E-state index contributed by atoms with van der Waals surface area (Å²) in [5, 5.41) is 0.423. The third-order valence-corrected chi connectivity index (χ3v) is 5.33. The molecule has 1 nitrogen and oxygen atoms in total. The van der Waals surface area contributed by atoms with Crippen molar-refractivity contribution in [2.75, 3.05) is 6.61 Å². The van der Waals surface area contributed by atoms with Crippen LogP contribution in [-0.2, 0) is 4.74 Å². The summed E-state index contributed by atoms with van der Waals surface area (Å²) in [5.41, 5.74) is 0. The van der Waals surface area contributed by atoms with Crippen molar-refractivity contribution in [2.24, 2.45) is 17.8 Å². The molecule has 2 aliphatic rings. The first-order valence-corrected chi connectivity index (χ1v) is 7.86. The highest BCUT2D eigenvalue weighted by Crippen LogP contribution is 2.39. The maximum atomic E-state index is 6.50. The van der Waals surface area contributed by atoms with Gasteiger partial charge in [-0.25, -0.2) is 0 Å². The summed E-state index contributed by atoms with van der Waals surface area (Å²) < 4.78 is 5.71. The van der Waals surface area contributed by atoms with Crippen molar-refractivity contribution in [2.45, 2.75) is 70.3 Å². The molecule has 0 aromatic heterocycles. The van der Waals surface area contributed by atoms with Gasteiger partial charge in [0.25, 0.3) is 0 Å². The minimum Gasteiger partial charge on any atom is -0.378 e. The third-order valence-electron chi connectivity index (χ3n) is 4.76. The Hall–Kier alpha value is 0.250. The lowest BCUT2D eigenvalue weighted by Crippen LogP contribution is -2.28. The third kappa shape index (κ3) is 3.86. The van der Waals surface area contributed by atoms with Gasteiger partial charge in [-0.05, 0) is 62.7 Å². The first-order valence-electron chi connectivity index (χ1n) is 7.42. The Morgan fingerprint density at radius 2 is 2.00 bits per heavy atom. The van der Waals surface area contributed by atoms with Crippen LogP contribution < -0.4 is 0 Å². The lowest BCUT2D eigenvalue weighted by atomic mass is 9.74. The minimum absolute atomic E-state index is 0.423. The maximum Gasteiger partial charge on any atom is 0.0576 e. The number of alkyl halides is 1. The van der Waals surface area contributed by atoms with Crippen molar-refractivity contribution in [1.29, 1.82) is 0 Å². The molecule has 1 heterocycles. The molecule has 0 aromatic carbocycles. The number of ether oxygens (including phenoxy) is 1. The molecule has 1 saturated heterocycles. The van der Waals surface area contributed by atoms with Crippen LogP contribution in [0.1, 0.15) is 58.8 Å². The van der Waals surface area contributed by atoms with Crippen molar-refractivity contribution in [3.8, 4) is 0 Å². The summed E-state index contributed by atoms with van der Waals surface area (Å²) in [6, 6.07) is 0. The zero-order valence-electron chi connectivity index (χ0n) is 11.3. The van der Waals surface area contributed by atoms with Crippen LogP contribution in [0, 0.1) is 17.8 Å². The Labute approximate surface area is 111 Å². The van der Waals surface area contributed by atoms with Gasteiger partial charge in [-0.2, -0.15) is 0 Å². The second-order valence-corrected chi connectivity index (χ2v) is 6.87. The van der Waals surface area contributed by atoms with Crippen LogP contribution in [0.5, 0.6) is 0 Å². The molecule has 2 rings (SSSR count). The van der Waals surface area contributed by atoms with Crippen molar-refractivity contribution in [3.63, 3.8) is 0 Å². The van der Waals surface area contributed by atoms with Gasteiger partial charge in [0.1, 0.15) is 0 Å². The summed E-state index contributed by atoms with van der Waals surface area (Å²) in [4.78, 5) is 0. The van der Waals surface area contributed by atoms with Crippen LogP contribution in [0.4, 0.5) is 0 Å². The van der Waals surface area contributed by atoms with E-state index in [1.165, 1.54) is 44.9 Å². The molecule has 1 aliphatic carbocycles. The van der Waals surface area contributed by atoms with Gasteiger partial charge in [-0.15, -0.1) is 11.6 Å². The molecule has 0 N–H and O–H groups in total. The molecule has 4 atom stereocenters. The van der Waals surface area contributed by atoms with Crippen molar-refractivity contribution in [3.05, 3.63) is 0 Å². The molecule has 2 heteroatoms. The van der Waals surface area contributed by atoms with Crippen LogP contribution in [0.15, 0.2) is 0 Å². The molecule has 17 heavy (non-hydrogen) atoms. The number of hydrogen-bond acceptors (Lipinski definition) is 1. The number of hydrogen-bond donors (Lipinski definition) is 0. The van der Waals surface area contributed by atoms with E-state index in [1.807, 2.05) is 0 Å². The van der Waals surface area contributed by atoms with Gasteiger partial charge in [0.05, 0.1) is 6.10 Å². The topological polar surface area (TPSA) is 9.23 Å². The molecule has 100 valence electrons. The van der Waals surface area contributed by atoms with E-state index in [2.05, 4.69) is 13.8 Å². The molecule has 0 aromatic rings. The Morgan fingerprint density at radius 1 is 1.18 bits per heavy atom. The molecule has 4 unspecified atom stereocenters. The normalized spacial score (nSPS) is 38.8. The van der Waals surface area contributed by atoms with Crippen LogP contribution >= 0.6 is 11.6 Å². The predicted octanol–water partition coefficient (Wildman–Crippen LogP) is 4.63. The quantitative estimate of drug-likeness (QED) is 0.669. The van der Waals surface area contributed by atoms with Crippen molar-refractivity contribution < 1.29 is 4.74 Å². The molecule has 2 fully saturated rings. The summed E-state index contributed by atoms with van der Waals surface area (Å²) in [6.07, 6.45) is 9.49. The SMILES string of the molecule is CC(C)C1CCC(Cl)C(CCC2CCCO2)C1. The summed E-state index contributed by atoms with van der Waals surface area (Å²) in [7, 11) is 0. The Morgan fingerprint density at radius 3 is 2.65 bits per heavy atom. The van der Waals surface area contributed by atoms with Gasteiger partial charge in [-0.3, -0.25) is 0 Å². The van der Waals surface area contributed by atoms with E-state index in [-0.39, 0.29) is 0 Å². The van der Waals surface area contributed by atoms with Crippen molar-refractivity contribution >= 4 is 11.6 Å². The zero-order chi connectivity index (χ0) is 12.3. The molecule has 0 spiro atoms. The van der Waals surface area contributed by atoms with Gasteiger partial charge in [0.2, 0.25) is 0 Å². The van der Waals surface area contributed by atoms with E-state index < -0.39 is 0 Å². The van der Waals surface area contributed by atoms with Crippen LogP contribution in [0.3, 0.4) is 0 Å². The largest absolute Gasteiger partial charge is 0.378 e. The summed E-state index contributed by atoms with van der Waals surface area (Å²) >= 11 is 6.50. The fourth-order valence-electron chi connectivity index (χ4n) is 3.44. The standard InChI is InChI=1S/C15H27ClO/c1-11(2)12-6-8-15(16)13(10-12)5-7-14-4-3-9-17-14/h11-15H,3-10H2,1-2H3. The van der Waals surface area contributed by atoms with E-state index in [0.29, 0.717) is 11.5 Å². The lowest BCUT2D eigenvalue weighted by Gasteiger charge is -2.35. The highest BCUT2D eigenvalue weighted by atomic mass is 35.5. The fourth-order valence-corrected chi connectivity index (χ4v) is 3.79. The van der Waals surface area contributed by atoms with Gasteiger partial charge in [-0.1, -0.05) is 13.8 Å². The predicted molar refractivity (Wildman–Crippen MR) is 73.5 cm³/mol. The van der Waals surface area contributed by atoms with Crippen LogP contribution in [0.2, 0.25) is 0 Å². The molecule has 1 saturated carbocycles. The van der Waals surface area contributed by atoms with E-state index in [9.17, 15) is 0 Å². The summed E-state index contributed by atoms with van der Waals surface area (Å²) in [5.74, 6) is 2.46. The highest BCUT2D eigenvalue weighted by Gasteiger charge is 2.31. The molecule has 0 radical (unpaired) electrons. The van der Waals surface area contributed by atoms with E-state index in [0.717, 1.165) is 24.4 Å². The first kappa shape index (κ1) is 13.7. The van der Waals surface area contributed by atoms with Gasteiger partial charge >= 0.3 is 0 Å². The summed E-state index contributed by atoms with van der Waals surface area (Å²) in [6.45, 7) is 5.70. The molecular weight excluding hydrogens is 232 g/mol. The maximum absolute atomic E-state index is 6.50. The van der Waals surface area contributed by atoms with E-state index >= 15 is 0 Å². The van der Waals surface area contributed by atoms with Crippen molar-refractivity contribution in [1.82, 2.24) is 0 Å². The fraction of sp³-hybridized carbons (Fsp3) is 1.00. The Balaban J connectivity index is 1.76. The molecular formula is C15H27ClO. The lowest BCUT2D eigenvalue weighted by molar-refractivity contribution is 0.0924. The number of rotatable bonds is 4. The average molecular weight is 259 g/mol. The molecule has 0 bridgehead atoms. The average Bonchev–Trinajstić information content (AvgIpc) is 2.80. The van der Waals surface area contributed by atoms with Gasteiger partial charge in [0, 0.05) is 12.0 Å². The smallest absolute Gasteiger partial charge is 0.0576 e. The van der Waals surface area contributed by atoms with Crippen LogP contribution in [-0.4, -0.2) is 18.1 Å². The monoisotopic (exact) mass is 258 g/mol. The Kier molecular flexibility index (Phi) is 5.17. The van der Waals surface area contributed by atoms with Gasteiger partial charge in [0.15, 0.2) is 0 Å². The highest BCUT2D eigenvalue weighted by molar-refractivity contribution is 6.20. The number of halogens is 1. The Bertz CT molecular complexity index is 223. The van der Waals surface area contributed by atoms with E-state index in [1.54, 1.807) is 0 Å². The first-order chi connectivity index (χ1) is 8.16. The molecule has 1 aliphatic heterocycles. The second kappa shape index (κ2) is 6.43. The van der Waals surface area contributed by atoms with Gasteiger partial charge < -0.3 is 4.74 Å². The van der Waals surface area contributed by atoms with Crippen LogP contribution in [0.25, 0.3) is 0 Å². The molecule has 0 amide bonds. The van der Waals surface area contributed by atoms with E-state index in [4.69, 9.17) is 16.3 Å².